The fraction of sp³-hybridized carbons (Fsp3) is 1.00. The molecule has 0 bridgehead atoms. The van der Waals surface area contributed by atoms with Crippen LogP contribution in [0.15, 0.2) is 0 Å². The summed E-state index contributed by atoms with van der Waals surface area (Å²) in [6.07, 6.45) is 22.4. The molecule has 0 saturated carbocycles. The van der Waals surface area contributed by atoms with Crippen LogP contribution < -0.4 is 5.73 Å². The zero-order chi connectivity index (χ0) is 19.7. The number of ether oxygens (including phenoxy) is 1. The van der Waals surface area contributed by atoms with Gasteiger partial charge in [-0.1, -0.05) is 103 Å². The maximum Gasteiger partial charge on any atom is 0.155 e. The monoisotopic (exact) mass is 405 g/mol. The van der Waals surface area contributed by atoms with Crippen LogP contribution in [0.1, 0.15) is 110 Å². The van der Waals surface area contributed by atoms with Gasteiger partial charge in [-0.25, -0.2) is 0 Å². The highest BCUT2D eigenvalue weighted by Crippen LogP contribution is 2.14. The molecule has 0 aliphatic heterocycles. The first-order valence-corrected chi connectivity index (χ1v) is 12.5. The summed E-state index contributed by atoms with van der Waals surface area (Å²) in [7, 11) is 0.0895. The lowest BCUT2D eigenvalue weighted by atomic mass is 10.0. The van der Waals surface area contributed by atoms with E-state index in [-0.39, 0.29) is 9.03 Å². The standard InChI is InChI=1S/C22H48NO3P/c1-2-3-4-5-6-7-8-9-10-11-12-13-14-15-16-17-19-24-21-22-26-27-25-20-18-23/h27H,2-23H2,1H3. The fourth-order valence-electron chi connectivity index (χ4n) is 3.14. The summed E-state index contributed by atoms with van der Waals surface area (Å²) >= 11 is 0. The van der Waals surface area contributed by atoms with Gasteiger partial charge in [-0.2, -0.15) is 0 Å². The van der Waals surface area contributed by atoms with Gasteiger partial charge in [-0.3, -0.25) is 0 Å². The molecule has 0 rings (SSSR count). The molecule has 0 aromatic rings. The number of hydrogen-bond donors (Lipinski definition) is 1. The molecule has 0 aliphatic rings. The first-order chi connectivity index (χ1) is 13.4. The maximum absolute atomic E-state index is 5.56. The van der Waals surface area contributed by atoms with Crippen LogP contribution in [-0.4, -0.2) is 33.0 Å². The Morgan fingerprint density at radius 3 is 1.44 bits per heavy atom. The average molecular weight is 406 g/mol. The van der Waals surface area contributed by atoms with Crippen molar-refractivity contribution in [3.05, 3.63) is 0 Å². The average Bonchev–Trinajstić information content (AvgIpc) is 2.68. The van der Waals surface area contributed by atoms with Gasteiger partial charge in [0.2, 0.25) is 0 Å². The number of rotatable bonds is 24. The van der Waals surface area contributed by atoms with Crippen molar-refractivity contribution in [1.82, 2.24) is 0 Å². The molecule has 0 radical (unpaired) electrons. The summed E-state index contributed by atoms with van der Waals surface area (Å²) in [6.45, 7) is 5.54. The molecule has 0 heterocycles. The van der Waals surface area contributed by atoms with E-state index in [1.807, 2.05) is 0 Å². The van der Waals surface area contributed by atoms with Crippen molar-refractivity contribution in [1.29, 1.82) is 0 Å². The largest absolute Gasteiger partial charge is 0.379 e. The molecule has 5 heteroatoms. The Hall–Kier alpha value is 0.270. The van der Waals surface area contributed by atoms with Gasteiger partial charge in [0.25, 0.3) is 0 Å². The van der Waals surface area contributed by atoms with Crippen LogP contribution in [0.25, 0.3) is 0 Å². The van der Waals surface area contributed by atoms with E-state index in [9.17, 15) is 0 Å². The molecule has 0 saturated heterocycles. The van der Waals surface area contributed by atoms with Crippen molar-refractivity contribution >= 4 is 9.03 Å². The Morgan fingerprint density at radius 1 is 0.519 bits per heavy atom. The molecule has 0 aromatic heterocycles. The lowest BCUT2D eigenvalue weighted by Crippen LogP contribution is -2.05. The van der Waals surface area contributed by atoms with Crippen LogP contribution in [0.3, 0.4) is 0 Å². The SMILES string of the molecule is CCCCCCCCCCCCCCCCCCOCCOPOCCN. The van der Waals surface area contributed by atoms with E-state index in [0.717, 1.165) is 6.61 Å². The van der Waals surface area contributed by atoms with E-state index in [4.69, 9.17) is 19.5 Å². The Labute approximate surface area is 171 Å². The highest BCUT2D eigenvalue weighted by molar-refractivity contribution is 7.26. The van der Waals surface area contributed by atoms with Crippen LogP contribution in [0.4, 0.5) is 0 Å². The third kappa shape index (κ3) is 26.3. The minimum Gasteiger partial charge on any atom is -0.379 e. The van der Waals surface area contributed by atoms with E-state index in [1.165, 1.54) is 103 Å². The summed E-state index contributed by atoms with van der Waals surface area (Å²) in [5, 5.41) is 0. The van der Waals surface area contributed by atoms with Gasteiger partial charge < -0.3 is 19.5 Å². The summed E-state index contributed by atoms with van der Waals surface area (Å²) in [4.78, 5) is 0. The third-order valence-electron chi connectivity index (χ3n) is 4.81. The molecule has 0 fully saturated rings. The predicted molar refractivity (Wildman–Crippen MR) is 120 cm³/mol. The molecule has 164 valence electrons. The number of nitrogens with two attached hydrogens (primary N) is 1. The van der Waals surface area contributed by atoms with E-state index >= 15 is 0 Å². The summed E-state index contributed by atoms with van der Waals surface area (Å²) < 4.78 is 16.0. The van der Waals surface area contributed by atoms with Crippen molar-refractivity contribution < 1.29 is 13.8 Å². The highest BCUT2D eigenvalue weighted by atomic mass is 31.1. The van der Waals surface area contributed by atoms with Crippen LogP contribution >= 0.6 is 9.03 Å². The molecule has 1 unspecified atom stereocenters. The molecule has 0 amide bonds. The zero-order valence-electron chi connectivity index (χ0n) is 18.2. The lowest BCUT2D eigenvalue weighted by Gasteiger charge is -2.06. The van der Waals surface area contributed by atoms with Gasteiger partial charge in [0.1, 0.15) is 0 Å². The van der Waals surface area contributed by atoms with Gasteiger partial charge in [0.15, 0.2) is 9.03 Å². The second-order valence-corrected chi connectivity index (χ2v) is 8.23. The molecular weight excluding hydrogens is 357 g/mol. The molecule has 27 heavy (non-hydrogen) atoms. The van der Waals surface area contributed by atoms with Crippen molar-refractivity contribution in [2.45, 2.75) is 110 Å². The van der Waals surface area contributed by atoms with E-state index in [0.29, 0.717) is 26.4 Å². The fourth-order valence-corrected chi connectivity index (χ4v) is 3.59. The molecular formula is C22H48NO3P. The van der Waals surface area contributed by atoms with Gasteiger partial charge in [-0.05, 0) is 6.42 Å². The Balaban J connectivity index is 2.95. The second-order valence-electron chi connectivity index (χ2n) is 7.48. The van der Waals surface area contributed by atoms with Crippen molar-refractivity contribution in [3.63, 3.8) is 0 Å². The highest BCUT2D eigenvalue weighted by Gasteiger charge is 1.95. The lowest BCUT2D eigenvalue weighted by molar-refractivity contribution is 0.0973. The molecule has 2 N–H and O–H groups in total. The maximum atomic E-state index is 5.56. The minimum absolute atomic E-state index is 0.0895. The predicted octanol–water partition coefficient (Wildman–Crippen LogP) is 6.76. The third-order valence-corrected chi connectivity index (χ3v) is 5.45. The van der Waals surface area contributed by atoms with Gasteiger partial charge in [0.05, 0.1) is 19.8 Å². The van der Waals surface area contributed by atoms with E-state index < -0.39 is 0 Å². The van der Waals surface area contributed by atoms with Crippen LogP contribution in [0.2, 0.25) is 0 Å². The molecule has 0 spiro atoms. The summed E-state index contributed by atoms with van der Waals surface area (Å²) in [5.41, 5.74) is 5.32. The van der Waals surface area contributed by atoms with Crippen molar-refractivity contribution in [2.24, 2.45) is 5.73 Å². The van der Waals surface area contributed by atoms with Crippen molar-refractivity contribution in [2.75, 3.05) is 33.0 Å². The number of unbranched alkanes of at least 4 members (excludes halogenated alkanes) is 15. The van der Waals surface area contributed by atoms with Crippen LogP contribution in [-0.2, 0) is 13.8 Å². The number of hydrogen-bond acceptors (Lipinski definition) is 4. The molecule has 0 aliphatic carbocycles. The summed E-state index contributed by atoms with van der Waals surface area (Å²) in [5.74, 6) is 0. The normalized spacial score (nSPS) is 11.8. The smallest absolute Gasteiger partial charge is 0.155 e. The van der Waals surface area contributed by atoms with Gasteiger partial charge in [0, 0.05) is 13.2 Å². The molecule has 1 atom stereocenters. The van der Waals surface area contributed by atoms with Gasteiger partial charge in [-0.15, -0.1) is 0 Å². The summed E-state index contributed by atoms with van der Waals surface area (Å²) in [6, 6.07) is 0. The first kappa shape index (κ1) is 27.3. The van der Waals surface area contributed by atoms with E-state index in [1.54, 1.807) is 0 Å². The Morgan fingerprint density at radius 2 is 0.963 bits per heavy atom. The second kappa shape index (κ2) is 26.3. The van der Waals surface area contributed by atoms with Crippen molar-refractivity contribution in [3.8, 4) is 0 Å². The van der Waals surface area contributed by atoms with E-state index in [2.05, 4.69) is 6.92 Å². The topological polar surface area (TPSA) is 53.7 Å². The van der Waals surface area contributed by atoms with Crippen LogP contribution in [0.5, 0.6) is 0 Å². The molecule has 4 nitrogen and oxygen atoms in total. The molecule has 0 aromatic carbocycles. The van der Waals surface area contributed by atoms with Gasteiger partial charge >= 0.3 is 0 Å². The first-order valence-electron chi connectivity index (χ1n) is 11.7. The van der Waals surface area contributed by atoms with Crippen LogP contribution in [0, 0.1) is 0 Å². The quantitative estimate of drug-likeness (QED) is 0.142. The Bertz CT molecular complexity index is 234. The minimum atomic E-state index is 0.0895. The zero-order valence-corrected chi connectivity index (χ0v) is 19.2. The Kier molecular flexibility index (Phi) is 26.5.